The van der Waals surface area contributed by atoms with E-state index in [9.17, 15) is 0 Å². The van der Waals surface area contributed by atoms with E-state index in [1.165, 1.54) is 16.7 Å². The fourth-order valence-corrected chi connectivity index (χ4v) is 1.61. The molecular weight excluding hydrogens is 186 g/mol. The summed E-state index contributed by atoms with van der Waals surface area (Å²) in [4.78, 5) is 0. The molecular formula is C10H14ClNO. The molecule has 0 saturated carbocycles. The van der Waals surface area contributed by atoms with Crippen molar-refractivity contribution >= 4 is 12.4 Å². The molecule has 0 saturated heterocycles. The molecule has 1 aromatic rings. The normalized spacial score (nSPS) is 20.3. The third-order valence-corrected chi connectivity index (χ3v) is 2.25. The molecule has 2 nitrogen and oxygen atoms in total. The van der Waals surface area contributed by atoms with E-state index in [4.69, 9.17) is 10.5 Å². The first-order valence-corrected chi connectivity index (χ1v) is 4.20. The number of rotatable bonds is 0. The molecule has 72 valence electrons. The van der Waals surface area contributed by atoms with Gasteiger partial charge in [0.15, 0.2) is 0 Å². The van der Waals surface area contributed by atoms with Gasteiger partial charge in [-0.1, -0.05) is 23.8 Å². The average Bonchev–Trinajstić information content (AvgIpc) is 2.04. The van der Waals surface area contributed by atoms with Crippen LogP contribution in [-0.2, 0) is 11.3 Å². The number of fused-ring (bicyclic) bond motifs is 1. The van der Waals surface area contributed by atoms with Crippen LogP contribution in [0.3, 0.4) is 0 Å². The molecule has 0 aromatic heterocycles. The maximum atomic E-state index is 5.87. The van der Waals surface area contributed by atoms with Gasteiger partial charge in [0.25, 0.3) is 0 Å². The van der Waals surface area contributed by atoms with Crippen LogP contribution in [0, 0.1) is 6.92 Å². The van der Waals surface area contributed by atoms with E-state index in [1.54, 1.807) is 0 Å². The third-order valence-electron chi connectivity index (χ3n) is 2.25. The van der Waals surface area contributed by atoms with Crippen molar-refractivity contribution in [2.45, 2.75) is 19.6 Å². The minimum Gasteiger partial charge on any atom is -0.375 e. The van der Waals surface area contributed by atoms with Gasteiger partial charge in [0.1, 0.15) is 0 Å². The summed E-state index contributed by atoms with van der Waals surface area (Å²) < 4.78 is 5.34. The first-order valence-electron chi connectivity index (χ1n) is 4.20. The summed E-state index contributed by atoms with van der Waals surface area (Å²) in [5.74, 6) is 0. The van der Waals surface area contributed by atoms with Crippen LogP contribution < -0.4 is 5.73 Å². The molecule has 0 spiro atoms. The topological polar surface area (TPSA) is 35.2 Å². The molecule has 0 radical (unpaired) electrons. The van der Waals surface area contributed by atoms with Crippen molar-refractivity contribution in [3.63, 3.8) is 0 Å². The molecule has 3 heteroatoms. The molecule has 0 fully saturated rings. The Bertz CT molecular complexity index is 301. The Kier molecular flexibility index (Phi) is 3.31. The standard InChI is InChI=1S/C10H13NO.ClH/c1-7-2-3-9-8(4-7)5-12-6-10(9)11;/h2-4,10H,5-6,11H2,1H3;1H. The van der Waals surface area contributed by atoms with Crippen LogP contribution in [0.4, 0.5) is 0 Å². The molecule has 1 aliphatic heterocycles. The molecule has 2 rings (SSSR count). The van der Waals surface area contributed by atoms with E-state index in [0.717, 1.165) is 0 Å². The quantitative estimate of drug-likeness (QED) is 0.693. The zero-order valence-electron chi connectivity index (χ0n) is 7.62. The van der Waals surface area contributed by atoms with Gasteiger partial charge < -0.3 is 10.5 Å². The largest absolute Gasteiger partial charge is 0.375 e. The zero-order valence-corrected chi connectivity index (χ0v) is 8.43. The highest BCUT2D eigenvalue weighted by atomic mass is 35.5. The molecule has 1 heterocycles. The Morgan fingerprint density at radius 1 is 1.46 bits per heavy atom. The number of hydrogen-bond acceptors (Lipinski definition) is 2. The number of hydrogen-bond donors (Lipinski definition) is 1. The van der Waals surface area contributed by atoms with Gasteiger partial charge in [0, 0.05) is 0 Å². The SMILES string of the molecule is Cc1ccc2c(c1)COCC2N.Cl. The first-order chi connectivity index (χ1) is 5.77. The lowest BCUT2D eigenvalue weighted by Crippen LogP contribution is -2.23. The van der Waals surface area contributed by atoms with Crippen molar-refractivity contribution in [1.82, 2.24) is 0 Å². The Hall–Kier alpha value is -0.570. The summed E-state index contributed by atoms with van der Waals surface area (Å²) in [6.45, 7) is 3.45. The molecule has 1 atom stereocenters. The maximum absolute atomic E-state index is 5.87. The monoisotopic (exact) mass is 199 g/mol. The van der Waals surface area contributed by atoms with E-state index in [0.29, 0.717) is 13.2 Å². The van der Waals surface area contributed by atoms with E-state index in [1.807, 2.05) is 0 Å². The van der Waals surface area contributed by atoms with Crippen LogP contribution in [0.15, 0.2) is 18.2 Å². The lowest BCUT2D eigenvalue weighted by atomic mass is 9.98. The lowest BCUT2D eigenvalue weighted by Gasteiger charge is -2.22. The predicted molar refractivity (Wildman–Crippen MR) is 55.0 cm³/mol. The summed E-state index contributed by atoms with van der Waals surface area (Å²) in [5, 5.41) is 0. The summed E-state index contributed by atoms with van der Waals surface area (Å²) in [7, 11) is 0. The molecule has 1 aromatic carbocycles. The van der Waals surface area contributed by atoms with Gasteiger partial charge in [-0.3, -0.25) is 0 Å². The summed E-state index contributed by atoms with van der Waals surface area (Å²) >= 11 is 0. The lowest BCUT2D eigenvalue weighted by molar-refractivity contribution is 0.0923. The molecule has 0 aliphatic carbocycles. The second kappa shape index (κ2) is 4.09. The molecule has 1 unspecified atom stereocenters. The Labute approximate surface area is 84.5 Å². The summed E-state index contributed by atoms with van der Waals surface area (Å²) in [6.07, 6.45) is 0. The van der Waals surface area contributed by atoms with Crippen molar-refractivity contribution in [3.8, 4) is 0 Å². The average molecular weight is 200 g/mol. The predicted octanol–water partition coefficient (Wildman–Crippen LogP) is 1.95. The summed E-state index contributed by atoms with van der Waals surface area (Å²) in [5.41, 5.74) is 9.63. The Balaban J connectivity index is 0.000000845. The van der Waals surface area contributed by atoms with E-state index in [-0.39, 0.29) is 18.4 Å². The first kappa shape index (κ1) is 10.5. The van der Waals surface area contributed by atoms with E-state index < -0.39 is 0 Å². The van der Waals surface area contributed by atoms with Crippen LogP contribution in [-0.4, -0.2) is 6.61 Å². The van der Waals surface area contributed by atoms with Gasteiger partial charge in [0.05, 0.1) is 19.3 Å². The minimum atomic E-state index is 0. The van der Waals surface area contributed by atoms with Gasteiger partial charge in [0.2, 0.25) is 0 Å². The third kappa shape index (κ3) is 2.02. The van der Waals surface area contributed by atoms with Gasteiger partial charge in [-0.15, -0.1) is 12.4 Å². The second-order valence-electron chi connectivity index (χ2n) is 3.32. The van der Waals surface area contributed by atoms with E-state index in [2.05, 4.69) is 25.1 Å². The highest BCUT2D eigenvalue weighted by Crippen LogP contribution is 2.23. The minimum absolute atomic E-state index is 0. The highest BCUT2D eigenvalue weighted by molar-refractivity contribution is 5.85. The number of ether oxygens (including phenoxy) is 1. The van der Waals surface area contributed by atoms with E-state index >= 15 is 0 Å². The van der Waals surface area contributed by atoms with Gasteiger partial charge >= 0.3 is 0 Å². The Morgan fingerprint density at radius 3 is 3.00 bits per heavy atom. The molecule has 0 bridgehead atoms. The molecule has 1 aliphatic rings. The van der Waals surface area contributed by atoms with Crippen LogP contribution in [0.5, 0.6) is 0 Å². The van der Waals surface area contributed by atoms with Gasteiger partial charge in [-0.2, -0.15) is 0 Å². The molecule has 2 N–H and O–H groups in total. The number of benzene rings is 1. The zero-order chi connectivity index (χ0) is 8.55. The molecule has 13 heavy (non-hydrogen) atoms. The second-order valence-corrected chi connectivity index (χ2v) is 3.32. The van der Waals surface area contributed by atoms with Crippen LogP contribution >= 0.6 is 12.4 Å². The van der Waals surface area contributed by atoms with Crippen LogP contribution in [0.25, 0.3) is 0 Å². The van der Waals surface area contributed by atoms with Crippen molar-refractivity contribution in [2.75, 3.05) is 6.61 Å². The van der Waals surface area contributed by atoms with Crippen LogP contribution in [0.2, 0.25) is 0 Å². The van der Waals surface area contributed by atoms with Crippen molar-refractivity contribution in [1.29, 1.82) is 0 Å². The maximum Gasteiger partial charge on any atom is 0.0721 e. The highest BCUT2D eigenvalue weighted by Gasteiger charge is 2.16. The number of nitrogens with two attached hydrogens (primary N) is 1. The molecule has 0 amide bonds. The van der Waals surface area contributed by atoms with Crippen LogP contribution in [0.1, 0.15) is 22.7 Å². The number of aryl methyl sites for hydroxylation is 1. The fraction of sp³-hybridized carbons (Fsp3) is 0.400. The van der Waals surface area contributed by atoms with Gasteiger partial charge in [-0.05, 0) is 18.1 Å². The number of halogens is 1. The fourth-order valence-electron chi connectivity index (χ4n) is 1.61. The Morgan fingerprint density at radius 2 is 2.23 bits per heavy atom. The van der Waals surface area contributed by atoms with Gasteiger partial charge in [-0.25, -0.2) is 0 Å². The van der Waals surface area contributed by atoms with Crippen molar-refractivity contribution < 1.29 is 4.74 Å². The smallest absolute Gasteiger partial charge is 0.0721 e. The summed E-state index contributed by atoms with van der Waals surface area (Å²) in [6, 6.07) is 6.42. The van der Waals surface area contributed by atoms with Crippen molar-refractivity contribution in [2.24, 2.45) is 5.73 Å². The van der Waals surface area contributed by atoms with Crippen molar-refractivity contribution in [3.05, 3.63) is 34.9 Å².